The molecular weight excluding hydrogens is 224 g/mol. The number of hydrogen-bond donors (Lipinski definition) is 0. The molecule has 4 heteroatoms. The summed E-state index contributed by atoms with van der Waals surface area (Å²) >= 11 is 0. The summed E-state index contributed by atoms with van der Waals surface area (Å²) in [6.45, 7) is 13.6. The molecule has 2 heterocycles. The predicted octanol–water partition coefficient (Wildman–Crippen LogP) is 2.90. The van der Waals surface area contributed by atoms with Gasteiger partial charge in [0.15, 0.2) is 5.82 Å². The quantitative estimate of drug-likeness (QED) is 0.808. The van der Waals surface area contributed by atoms with Crippen LogP contribution in [0.25, 0.3) is 0 Å². The molecule has 1 aliphatic heterocycles. The second-order valence-electron chi connectivity index (χ2n) is 4.63. The number of nitrogens with zero attached hydrogens (tertiary/aromatic N) is 4. The largest absolute Gasteiger partial charge is 0.367 e. The van der Waals surface area contributed by atoms with Crippen molar-refractivity contribution in [1.82, 2.24) is 10.2 Å². The molecule has 0 N–H and O–H groups in total. The molecule has 1 aromatic rings. The standard InChI is InChI=1S/C12H20N4.C2H6/c1-5-16-7-6-15(4)12-11(16)8-10(9(2)3)13-14-12;1-2/h8-9H,5-7H2,1-4H3;1-2H3. The highest BCUT2D eigenvalue weighted by atomic mass is 15.3. The summed E-state index contributed by atoms with van der Waals surface area (Å²) in [5.41, 5.74) is 2.31. The van der Waals surface area contributed by atoms with Crippen molar-refractivity contribution in [2.75, 3.05) is 36.5 Å². The van der Waals surface area contributed by atoms with Gasteiger partial charge in [0.2, 0.25) is 0 Å². The van der Waals surface area contributed by atoms with Crippen molar-refractivity contribution >= 4 is 11.5 Å². The van der Waals surface area contributed by atoms with E-state index >= 15 is 0 Å². The van der Waals surface area contributed by atoms with Crippen molar-refractivity contribution in [1.29, 1.82) is 0 Å². The van der Waals surface area contributed by atoms with Gasteiger partial charge in [-0.3, -0.25) is 0 Å². The Balaban J connectivity index is 0.000000771. The summed E-state index contributed by atoms with van der Waals surface area (Å²) in [5, 5.41) is 8.65. The van der Waals surface area contributed by atoms with E-state index in [4.69, 9.17) is 0 Å². The molecule has 4 nitrogen and oxygen atoms in total. The van der Waals surface area contributed by atoms with E-state index in [9.17, 15) is 0 Å². The van der Waals surface area contributed by atoms with Crippen LogP contribution in [0.1, 0.15) is 46.2 Å². The molecule has 0 aromatic carbocycles. The minimum absolute atomic E-state index is 0.434. The van der Waals surface area contributed by atoms with Crippen LogP contribution in [0.5, 0.6) is 0 Å². The summed E-state index contributed by atoms with van der Waals surface area (Å²) in [4.78, 5) is 4.55. The minimum Gasteiger partial charge on any atom is -0.367 e. The third kappa shape index (κ3) is 2.92. The first-order chi connectivity index (χ1) is 8.63. The van der Waals surface area contributed by atoms with Crippen molar-refractivity contribution in [2.45, 2.75) is 40.5 Å². The first-order valence-electron chi connectivity index (χ1n) is 6.97. The Morgan fingerprint density at radius 1 is 1.22 bits per heavy atom. The lowest BCUT2D eigenvalue weighted by atomic mass is 10.1. The number of fused-ring (bicyclic) bond motifs is 1. The minimum atomic E-state index is 0.434. The highest BCUT2D eigenvalue weighted by molar-refractivity contribution is 5.69. The van der Waals surface area contributed by atoms with Gasteiger partial charge >= 0.3 is 0 Å². The van der Waals surface area contributed by atoms with Gasteiger partial charge in [0.05, 0.1) is 11.4 Å². The van der Waals surface area contributed by atoms with Gasteiger partial charge in [-0.2, -0.15) is 5.10 Å². The third-order valence-corrected chi connectivity index (χ3v) is 3.15. The van der Waals surface area contributed by atoms with E-state index in [0.717, 1.165) is 31.1 Å². The van der Waals surface area contributed by atoms with Crippen LogP contribution in [0.4, 0.5) is 11.5 Å². The predicted molar refractivity (Wildman–Crippen MR) is 78.6 cm³/mol. The molecule has 1 aliphatic rings. The maximum absolute atomic E-state index is 4.35. The number of rotatable bonds is 2. The van der Waals surface area contributed by atoms with Crippen LogP contribution in [-0.4, -0.2) is 36.9 Å². The Morgan fingerprint density at radius 3 is 2.44 bits per heavy atom. The first kappa shape index (κ1) is 14.7. The fourth-order valence-corrected chi connectivity index (χ4v) is 2.00. The van der Waals surface area contributed by atoms with Crippen LogP contribution < -0.4 is 9.80 Å². The van der Waals surface area contributed by atoms with E-state index in [-0.39, 0.29) is 0 Å². The molecule has 0 bridgehead atoms. The molecule has 0 fully saturated rings. The molecular formula is C14H26N4. The summed E-state index contributed by atoms with van der Waals surface area (Å²) in [6, 6.07) is 2.19. The molecule has 0 aliphatic carbocycles. The fourth-order valence-electron chi connectivity index (χ4n) is 2.00. The van der Waals surface area contributed by atoms with E-state index in [1.54, 1.807) is 0 Å². The number of likely N-dealkylation sites (N-methyl/N-ethyl adjacent to an activating group) is 2. The van der Waals surface area contributed by atoms with Gasteiger partial charge in [0.25, 0.3) is 0 Å². The Labute approximate surface area is 111 Å². The fraction of sp³-hybridized carbons (Fsp3) is 0.714. The molecule has 2 rings (SSSR count). The summed E-state index contributed by atoms with van der Waals surface area (Å²) < 4.78 is 0. The van der Waals surface area contributed by atoms with Gasteiger partial charge in [0.1, 0.15) is 0 Å². The number of aromatic nitrogens is 2. The zero-order valence-corrected chi connectivity index (χ0v) is 12.6. The van der Waals surface area contributed by atoms with Crippen LogP contribution in [0.2, 0.25) is 0 Å². The SMILES string of the molecule is CC.CCN1CCN(C)c2nnc(C(C)C)cc21. The van der Waals surface area contributed by atoms with Gasteiger partial charge < -0.3 is 9.80 Å². The van der Waals surface area contributed by atoms with Crippen LogP contribution in [-0.2, 0) is 0 Å². The normalized spacial score (nSPS) is 14.2. The van der Waals surface area contributed by atoms with E-state index in [1.807, 2.05) is 13.8 Å². The molecule has 0 radical (unpaired) electrons. The van der Waals surface area contributed by atoms with Crippen LogP contribution in [0, 0.1) is 0 Å². The van der Waals surface area contributed by atoms with Gasteiger partial charge in [0, 0.05) is 26.7 Å². The molecule has 18 heavy (non-hydrogen) atoms. The van der Waals surface area contributed by atoms with Crippen LogP contribution in [0.15, 0.2) is 6.07 Å². The van der Waals surface area contributed by atoms with Crippen LogP contribution in [0.3, 0.4) is 0 Å². The maximum atomic E-state index is 4.35. The second kappa shape index (κ2) is 6.57. The van der Waals surface area contributed by atoms with E-state index in [0.29, 0.717) is 5.92 Å². The molecule has 0 amide bonds. The zero-order chi connectivity index (χ0) is 13.7. The van der Waals surface area contributed by atoms with E-state index in [1.165, 1.54) is 5.69 Å². The van der Waals surface area contributed by atoms with E-state index in [2.05, 4.69) is 53.9 Å². The molecule has 0 atom stereocenters. The van der Waals surface area contributed by atoms with Gasteiger partial charge in [-0.15, -0.1) is 5.10 Å². The number of hydrogen-bond acceptors (Lipinski definition) is 4. The van der Waals surface area contributed by atoms with Crippen molar-refractivity contribution in [2.24, 2.45) is 0 Å². The van der Waals surface area contributed by atoms with Crippen LogP contribution >= 0.6 is 0 Å². The average Bonchev–Trinajstić information content (AvgIpc) is 2.41. The monoisotopic (exact) mass is 250 g/mol. The Bertz CT molecular complexity index is 376. The Kier molecular flexibility index (Phi) is 5.38. The van der Waals surface area contributed by atoms with Crippen molar-refractivity contribution in [3.05, 3.63) is 11.8 Å². The molecule has 0 unspecified atom stereocenters. The van der Waals surface area contributed by atoms with E-state index < -0.39 is 0 Å². The van der Waals surface area contributed by atoms with Gasteiger partial charge in [-0.25, -0.2) is 0 Å². The highest BCUT2D eigenvalue weighted by Gasteiger charge is 2.22. The molecule has 0 spiro atoms. The summed E-state index contributed by atoms with van der Waals surface area (Å²) in [6.07, 6.45) is 0. The lowest BCUT2D eigenvalue weighted by Gasteiger charge is -2.35. The molecule has 0 saturated heterocycles. The third-order valence-electron chi connectivity index (χ3n) is 3.15. The van der Waals surface area contributed by atoms with Crippen molar-refractivity contribution < 1.29 is 0 Å². The maximum Gasteiger partial charge on any atom is 0.174 e. The second-order valence-corrected chi connectivity index (χ2v) is 4.63. The smallest absolute Gasteiger partial charge is 0.174 e. The lowest BCUT2D eigenvalue weighted by Crippen LogP contribution is -2.39. The Morgan fingerprint density at radius 2 is 1.89 bits per heavy atom. The first-order valence-corrected chi connectivity index (χ1v) is 6.97. The summed E-state index contributed by atoms with van der Waals surface area (Å²) in [7, 11) is 2.08. The molecule has 102 valence electrons. The lowest BCUT2D eigenvalue weighted by molar-refractivity contribution is 0.711. The summed E-state index contributed by atoms with van der Waals surface area (Å²) in [5.74, 6) is 1.45. The molecule has 0 saturated carbocycles. The van der Waals surface area contributed by atoms with Crippen molar-refractivity contribution in [3.63, 3.8) is 0 Å². The van der Waals surface area contributed by atoms with Gasteiger partial charge in [-0.05, 0) is 18.9 Å². The van der Waals surface area contributed by atoms with Gasteiger partial charge in [-0.1, -0.05) is 27.7 Å². The highest BCUT2D eigenvalue weighted by Crippen LogP contribution is 2.31. The Hall–Kier alpha value is -1.32. The molecule has 1 aromatic heterocycles. The average molecular weight is 250 g/mol. The topological polar surface area (TPSA) is 32.3 Å². The number of anilines is 2. The van der Waals surface area contributed by atoms with Crippen molar-refractivity contribution in [3.8, 4) is 0 Å². The zero-order valence-electron chi connectivity index (χ0n) is 12.6.